The third-order valence-corrected chi connectivity index (χ3v) is 2.59. The maximum atomic E-state index is 11.7. The van der Waals surface area contributed by atoms with Crippen molar-refractivity contribution >= 4 is 12.1 Å². The Kier molecular flexibility index (Phi) is 4.37. The number of hydrazone groups is 1. The fraction of sp³-hybridized carbons (Fsp3) is 0.0769. The number of amides is 1. The summed E-state index contributed by atoms with van der Waals surface area (Å²) in [6.07, 6.45) is 1.31. The van der Waals surface area contributed by atoms with Crippen molar-refractivity contribution < 1.29 is 14.6 Å². The molecule has 0 aliphatic heterocycles. The van der Waals surface area contributed by atoms with Crippen LogP contribution in [0.15, 0.2) is 39.0 Å². The van der Waals surface area contributed by atoms with Crippen LogP contribution in [0.4, 0.5) is 0 Å². The fourth-order valence-corrected chi connectivity index (χ4v) is 1.59. The summed E-state index contributed by atoms with van der Waals surface area (Å²) in [6.45, 7) is 0. The van der Waals surface area contributed by atoms with Gasteiger partial charge in [-0.05, 0) is 23.8 Å². The SMILES string of the molecule is COc1cc(/C=N/NC(=O)c2cc(=O)[nH]c(=O)[nH]2)ccc1O. The number of aromatic amines is 2. The summed E-state index contributed by atoms with van der Waals surface area (Å²) < 4.78 is 4.93. The Morgan fingerprint density at radius 2 is 2.09 bits per heavy atom. The number of H-pyrrole nitrogens is 2. The van der Waals surface area contributed by atoms with Crippen LogP contribution in [0, 0.1) is 0 Å². The van der Waals surface area contributed by atoms with E-state index in [1.165, 1.54) is 25.5 Å². The van der Waals surface area contributed by atoms with Gasteiger partial charge in [0.25, 0.3) is 11.5 Å². The van der Waals surface area contributed by atoms with Crippen molar-refractivity contribution in [3.63, 3.8) is 0 Å². The van der Waals surface area contributed by atoms with Gasteiger partial charge in [0.15, 0.2) is 11.5 Å². The minimum atomic E-state index is -0.787. The molecule has 0 radical (unpaired) electrons. The van der Waals surface area contributed by atoms with Gasteiger partial charge in [-0.25, -0.2) is 10.2 Å². The molecule has 22 heavy (non-hydrogen) atoms. The number of benzene rings is 1. The summed E-state index contributed by atoms with van der Waals surface area (Å²) in [6, 6.07) is 5.43. The molecule has 114 valence electrons. The van der Waals surface area contributed by atoms with E-state index in [-0.39, 0.29) is 17.2 Å². The largest absolute Gasteiger partial charge is 0.504 e. The predicted octanol–water partition coefficient (Wildman–Crippen LogP) is -0.459. The van der Waals surface area contributed by atoms with Crippen molar-refractivity contribution in [1.82, 2.24) is 15.4 Å². The molecular formula is C13H12N4O5. The Morgan fingerprint density at radius 1 is 1.32 bits per heavy atom. The quantitative estimate of drug-likeness (QED) is 0.447. The van der Waals surface area contributed by atoms with Gasteiger partial charge in [0.1, 0.15) is 5.69 Å². The van der Waals surface area contributed by atoms with E-state index in [4.69, 9.17) is 4.74 Å². The van der Waals surface area contributed by atoms with Crippen LogP contribution in [-0.4, -0.2) is 34.3 Å². The van der Waals surface area contributed by atoms with E-state index in [2.05, 4.69) is 15.5 Å². The van der Waals surface area contributed by atoms with E-state index in [0.717, 1.165) is 6.07 Å². The monoisotopic (exact) mass is 304 g/mol. The highest BCUT2D eigenvalue weighted by Crippen LogP contribution is 2.25. The van der Waals surface area contributed by atoms with Crippen LogP contribution in [0.2, 0.25) is 0 Å². The first-order chi connectivity index (χ1) is 10.5. The number of hydrogen-bond acceptors (Lipinski definition) is 6. The minimum absolute atomic E-state index is 0.0234. The van der Waals surface area contributed by atoms with Crippen molar-refractivity contribution in [1.29, 1.82) is 0 Å². The summed E-state index contributed by atoms with van der Waals surface area (Å²) >= 11 is 0. The van der Waals surface area contributed by atoms with Gasteiger partial charge in [-0.2, -0.15) is 5.10 Å². The maximum Gasteiger partial charge on any atom is 0.326 e. The number of hydrogen-bond donors (Lipinski definition) is 4. The molecule has 9 nitrogen and oxygen atoms in total. The molecule has 2 rings (SSSR count). The number of ether oxygens (including phenoxy) is 1. The Balaban J connectivity index is 2.10. The summed E-state index contributed by atoms with van der Waals surface area (Å²) in [5.41, 5.74) is 1.03. The Bertz CT molecular complexity index is 809. The van der Waals surface area contributed by atoms with Crippen molar-refractivity contribution in [3.8, 4) is 11.5 Å². The molecular weight excluding hydrogens is 292 g/mol. The predicted molar refractivity (Wildman–Crippen MR) is 77.4 cm³/mol. The van der Waals surface area contributed by atoms with Crippen molar-refractivity contribution in [2.45, 2.75) is 0 Å². The molecule has 0 unspecified atom stereocenters. The van der Waals surface area contributed by atoms with Gasteiger partial charge in [-0.15, -0.1) is 0 Å². The molecule has 9 heteroatoms. The number of phenolic OH excluding ortho intramolecular Hbond substituents is 1. The molecule has 0 saturated carbocycles. The molecule has 1 heterocycles. The number of nitrogens with one attached hydrogen (secondary N) is 3. The van der Waals surface area contributed by atoms with Crippen molar-refractivity contribution in [2.75, 3.05) is 7.11 Å². The number of aromatic hydroxyl groups is 1. The Morgan fingerprint density at radius 3 is 2.77 bits per heavy atom. The van der Waals surface area contributed by atoms with Crippen LogP contribution < -0.4 is 21.4 Å². The lowest BCUT2D eigenvalue weighted by Crippen LogP contribution is -2.28. The third kappa shape index (κ3) is 3.60. The number of phenols is 1. The first-order valence-corrected chi connectivity index (χ1v) is 6.03. The van der Waals surface area contributed by atoms with E-state index < -0.39 is 17.2 Å². The molecule has 0 saturated heterocycles. The van der Waals surface area contributed by atoms with E-state index in [9.17, 15) is 19.5 Å². The zero-order valence-corrected chi connectivity index (χ0v) is 11.4. The van der Waals surface area contributed by atoms with E-state index in [1.54, 1.807) is 6.07 Å². The van der Waals surface area contributed by atoms with Gasteiger partial charge in [-0.1, -0.05) is 0 Å². The second-order valence-electron chi connectivity index (χ2n) is 4.13. The van der Waals surface area contributed by atoms with Crippen molar-refractivity contribution in [3.05, 3.63) is 56.4 Å². The molecule has 4 N–H and O–H groups in total. The Hall–Kier alpha value is -3.36. The summed E-state index contributed by atoms with van der Waals surface area (Å²) in [5.74, 6) is -0.510. The van der Waals surface area contributed by atoms with E-state index in [0.29, 0.717) is 5.56 Å². The molecule has 1 amide bonds. The lowest BCUT2D eigenvalue weighted by atomic mass is 10.2. The smallest absolute Gasteiger partial charge is 0.326 e. The third-order valence-electron chi connectivity index (χ3n) is 2.59. The molecule has 0 bridgehead atoms. The lowest BCUT2D eigenvalue weighted by Gasteiger charge is -2.03. The lowest BCUT2D eigenvalue weighted by molar-refractivity contribution is 0.0949. The molecule has 1 aromatic heterocycles. The Labute approximate surface area is 123 Å². The van der Waals surface area contributed by atoms with Crippen molar-refractivity contribution in [2.24, 2.45) is 5.10 Å². The molecule has 2 aromatic rings. The zero-order valence-electron chi connectivity index (χ0n) is 11.4. The van der Waals surface area contributed by atoms with Crippen LogP contribution in [0.1, 0.15) is 16.1 Å². The number of rotatable bonds is 4. The first kappa shape index (κ1) is 15.0. The van der Waals surface area contributed by atoms with E-state index in [1.807, 2.05) is 4.98 Å². The van der Waals surface area contributed by atoms with Gasteiger partial charge in [0.05, 0.1) is 13.3 Å². The molecule has 0 aliphatic rings. The first-order valence-electron chi connectivity index (χ1n) is 6.03. The zero-order chi connectivity index (χ0) is 16.1. The van der Waals surface area contributed by atoms with Crippen LogP contribution in [0.3, 0.4) is 0 Å². The number of carbonyl (C=O) groups excluding carboxylic acids is 1. The normalized spacial score (nSPS) is 10.6. The van der Waals surface area contributed by atoms with Gasteiger partial charge in [-0.3, -0.25) is 14.6 Å². The van der Waals surface area contributed by atoms with Crippen LogP contribution >= 0.6 is 0 Å². The van der Waals surface area contributed by atoms with Gasteiger partial charge in [0, 0.05) is 6.07 Å². The van der Waals surface area contributed by atoms with Gasteiger partial charge < -0.3 is 14.8 Å². The number of carbonyl (C=O) groups is 1. The highest BCUT2D eigenvalue weighted by atomic mass is 16.5. The van der Waals surface area contributed by atoms with Crippen LogP contribution in [0.25, 0.3) is 0 Å². The van der Waals surface area contributed by atoms with Crippen LogP contribution in [-0.2, 0) is 0 Å². The average Bonchev–Trinajstić information content (AvgIpc) is 2.47. The summed E-state index contributed by atoms with van der Waals surface area (Å²) in [4.78, 5) is 37.9. The molecule has 0 fully saturated rings. The standard InChI is InChI=1S/C13H12N4O5/c1-22-10-4-7(2-3-9(10)18)6-14-17-12(20)8-5-11(19)16-13(21)15-8/h2-6,18H,1H3,(H,17,20)(H2,15,16,19,21)/b14-6+. The highest BCUT2D eigenvalue weighted by molar-refractivity contribution is 5.93. The van der Waals surface area contributed by atoms with Gasteiger partial charge in [0.2, 0.25) is 0 Å². The molecule has 1 aromatic carbocycles. The molecule has 0 spiro atoms. The second-order valence-corrected chi connectivity index (χ2v) is 4.13. The fourth-order valence-electron chi connectivity index (χ4n) is 1.59. The number of methoxy groups -OCH3 is 1. The second kappa shape index (κ2) is 6.39. The van der Waals surface area contributed by atoms with E-state index >= 15 is 0 Å². The van der Waals surface area contributed by atoms with Gasteiger partial charge >= 0.3 is 5.69 Å². The van der Waals surface area contributed by atoms with Crippen LogP contribution in [0.5, 0.6) is 11.5 Å². The average molecular weight is 304 g/mol. The molecule has 0 aliphatic carbocycles. The highest BCUT2D eigenvalue weighted by Gasteiger charge is 2.06. The summed E-state index contributed by atoms with van der Waals surface area (Å²) in [7, 11) is 1.40. The maximum absolute atomic E-state index is 11.7. The molecule has 0 atom stereocenters. The minimum Gasteiger partial charge on any atom is -0.504 e. The topological polar surface area (TPSA) is 137 Å². The number of nitrogens with zero attached hydrogens (tertiary/aromatic N) is 1. The number of aromatic nitrogens is 2. The summed E-state index contributed by atoms with van der Waals surface area (Å²) in [5, 5.41) is 13.1.